The number of nitro benzene ring substituents is 1. The van der Waals surface area contributed by atoms with E-state index in [-0.39, 0.29) is 11.2 Å². The lowest BCUT2D eigenvalue weighted by atomic mass is 10.0. The van der Waals surface area contributed by atoms with E-state index in [1.54, 1.807) is 6.07 Å². The second-order valence-corrected chi connectivity index (χ2v) is 4.81. The molecule has 106 valence electrons. The highest BCUT2D eigenvalue weighted by Crippen LogP contribution is 2.29. The average Bonchev–Trinajstić information content (AvgIpc) is 2.95. The van der Waals surface area contributed by atoms with Crippen LogP contribution < -0.4 is 5.32 Å². The molecule has 1 N–H and O–H groups in total. The first-order valence-corrected chi connectivity index (χ1v) is 6.47. The van der Waals surface area contributed by atoms with Crippen LogP contribution in [0.25, 0.3) is 11.0 Å². The zero-order chi connectivity index (χ0) is 13.9. The third kappa shape index (κ3) is 2.42. The Morgan fingerprint density at radius 2 is 2.25 bits per heavy atom. The minimum absolute atomic E-state index is 0.104. The van der Waals surface area contributed by atoms with Gasteiger partial charge in [0.05, 0.1) is 17.2 Å². The number of nitrogens with one attached hydrogen (secondary N) is 1. The molecule has 1 aromatic heterocycles. The molecule has 0 radical (unpaired) electrons. The first-order valence-electron chi connectivity index (χ1n) is 6.47. The molecule has 1 atom stereocenters. The van der Waals surface area contributed by atoms with Crippen LogP contribution in [0.4, 0.5) is 11.4 Å². The third-order valence-electron chi connectivity index (χ3n) is 3.43. The Bertz CT molecular complexity index is 621. The van der Waals surface area contributed by atoms with Gasteiger partial charge in [0.1, 0.15) is 0 Å². The minimum atomic E-state index is -0.495. The fourth-order valence-electron chi connectivity index (χ4n) is 2.37. The Kier molecular flexibility index (Phi) is 3.46. The number of aromatic nitrogens is 2. The van der Waals surface area contributed by atoms with Gasteiger partial charge in [-0.3, -0.25) is 10.1 Å². The predicted octanol–water partition coefficient (Wildman–Crippen LogP) is 1.97. The number of benzene rings is 1. The van der Waals surface area contributed by atoms with Gasteiger partial charge >= 0.3 is 5.69 Å². The molecule has 2 heterocycles. The monoisotopic (exact) mass is 278 g/mol. The normalized spacial score (nSPS) is 19.1. The van der Waals surface area contributed by atoms with Crippen molar-refractivity contribution in [1.29, 1.82) is 0 Å². The molecule has 0 amide bonds. The van der Waals surface area contributed by atoms with Crippen LogP contribution in [0.1, 0.15) is 12.8 Å². The SMILES string of the molecule is O=[N+]([O-])c1ccc(NCC2CCCOC2)c2nonc12. The summed E-state index contributed by atoms with van der Waals surface area (Å²) in [6, 6.07) is 3.04. The van der Waals surface area contributed by atoms with Crippen molar-refractivity contribution in [1.82, 2.24) is 10.3 Å². The highest BCUT2D eigenvalue weighted by atomic mass is 16.6. The van der Waals surface area contributed by atoms with Crippen LogP contribution in [0.5, 0.6) is 0 Å². The van der Waals surface area contributed by atoms with Crippen molar-refractivity contribution in [2.24, 2.45) is 5.92 Å². The summed E-state index contributed by atoms with van der Waals surface area (Å²) >= 11 is 0. The molecule has 0 spiro atoms. The van der Waals surface area contributed by atoms with Gasteiger partial charge in [0, 0.05) is 19.2 Å². The molecule has 1 aliphatic heterocycles. The van der Waals surface area contributed by atoms with E-state index in [1.807, 2.05) is 0 Å². The first-order chi connectivity index (χ1) is 9.75. The fourth-order valence-corrected chi connectivity index (χ4v) is 2.37. The Morgan fingerprint density at radius 1 is 1.40 bits per heavy atom. The van der Waals surface area contributed by atoms with Crippen molar-refractivity contribution in [3.63, 3.8) is 0 Å². The number of hydrogen-bond donors (Lipinski definition) is 1. The van der Waals surface area contributed by atoms with E-state index in [2.05, 4.69) is 20.3 Å². The molecule has 8 nitrogen and oxygen atoms in total. The Hall–Kier alpha value is -2.22. The van der Waals surface area contributed by atoms with Gasteiger partial charge in [-0.05, 0) is 35.1 Å². The van der Waals surface area contributed by atoms with Crippen molar-refractivity contribution in [3.05, 3.63) is 22.2 Å². The van der Waals surface area contributed by atoms with E-state index in [9.17, 15) is 10.1 Å². The second-order valence-electron chi connectivity index (χ2n) is 4.81. The van der Waals surface area contributed by atoms with E-state index in [1.165, 1.54) is 6.07 Å². The van der Waals surface area contributed by atoms with Gasteiger partial charge in [-0.25, -0.2) is 4.63 Å². The van der Waals surface area contributed by atoms with Crippen LogP contribution in [0.2, 0.25) is 0 Å². The summed E-state index contributed by atoms with van der Waals surface area (Å²) in [5.41, 5.74) is 1.14. The summed E-state index contributed by atoms with van der Waals surface area (Å²) in [4.78, 5) is 10.4. The standard InChI is InChI=1S/C12H14N4O4/c17-16(18)10-4-3-9(11-12(10)15-20-14-11)13-6-8-2-1-5-19-7-8/h3-4,8,13H,1-2,5-7H2. The number of rotatable bonds is 4. The maximum atomic E-state index is 10.9. The van der Waals surface area contributed by atoms with Gasteiger partial charge in [-0.15, -0.1) is 0 Å². The predicted molar refractivity (Wildman–Crippen MR) is 70.5 cm³/mol. The van der Waals surface area contributed by atoms with Gasteiger partial charge in [-0.2, -0.15) is 0 Å². The highest BCUT2D eigenvalue weighted by molar-refractivity contribution is 5.93. The summed E-state index contributed by atoms with van der Waals surface area (Å²) < 4.78 is 10.0. The molecule has 1 unspecified atom stereocenters. The van der Waals surface area contributed by atoms with Crippen LogP contribution in [-0.2, 0) is 4.74 Å². The smallest absolute Gasteiger partial charge is 0.300 e. The molecule has 20 heavy (non-hydrogen) atoms. The molecule has 8 heteroatoms. The molecule has 2 aromatic rings. The van der Waals surface area contributed by atoms with Crippen molar-refractivity contribution in [2.45, 2.75) is 12.8 Å². The molecule has 1 aromatic carbocycles. The molecule has 0 bridgehead atoms. The molecular weight excluding hydrogens is 264 g/mol. The van der Waals surface area contributed by atoms with Gasteiger partial charge in [-0.1, -0.05) is 0 Å². The van der Waals surface area contributed by atoms with Crippen LogP contribution >= 0.6 is 0 Å². The van der Waals surface area contributed by atoms with Crippen molar-refractivity contribution >= 4 is 22.4 Å². The average molecular weight is 278 g/mol. The number of non-ortho nitro benzene ring substituents is 1. The van der Waals surface area contributed by atoms with Gasteiger partial charge < -0.3 is 10.1 Å². The lowest BCUT2D eigenvalue weighted by Crippen LogP contribution is -2.24. The topological polar surface area (TPSA) is 103 Å². The molecule has 3 rings (SSSR count). The van der Waals surface area contributed by atoms with Crippen LogP contribution in [0, 0.1) is 16.0 Å². The van der Waals surface area contributed by atoms with Crippen molar-refractivity contribution in [3.8, 4) is 0 Å². The number of ether oxygens (including phenoxy) is 1. The Balaban J connectivity index is 1.79. The van der Waals surface area contributed by atoms with Gasteiger partial charge in [0.25, 0.3) is 0 Å². The lowest BCUT2D eigenvalue weighted by molar-refractivity contribution is -0.383. The Morgan fingerprint density at radius 3 is 3.00 bits per heavy atom. The van der Waals surface area contributed by atoms with Crippen molar-refractivity contribution < 1.29 is 14.3 Å². The molecular formula is C12H14N4O4. The second kappa shape index (κ2) is 5.41. The van der Waals surface area contributed by atoms with Crippen molar-refractivity contribution in [2.75, 3.05) is 25.1 Å². The number of anilines is 1. The summed E-state index contributed by atoms with van der Waals surface area (Å²) in [6.07, 6.45) is 2.17. The molecule has 1 aliphatic rings. The summed E-state index contributed by atoms with van der Waals surface area (Å²) in [6.45, 7) is 2.30. The van der Waals surface area contributed by atoms with Crippen LogP contribution in [0.3, 0.4) is 0 Å². The molecule has 0 aliphatic carbocycles. The number of fused-ring (bicyclic) bond motifs is 1. The van der Waals surface area contributed by atoms with E-state index < -0.39 is 4.92 Å². The first kappa shape index (κ1) is 12.8. The molecule has 1 fully saturated rings. The number of nitro groups is 1. The summed E-state index contributed by atoms with van der Waals surface area (Å²) in [5.74, 6) is 0.439. The Labute approximate surface area is 114 Å². The zero-order valence-electron chi connectivity index (χ0n) is 10.7. The number of hydrogen-bond acceptors (Lipinski definition) is 7. The maximum absolute atomic E-state index is 10.9. The summed E-state index contributed by atoms with van der Waals surface area (Å²) in [7, 11) is 0. The van der Waals surface area contributed by atoms with Gasteiger partial charge in [0.15, 0.2) is 5.52 Å². The molecule has 0 saturated carbocycles. The maximum Gasteiger partial charge on any atom is 0.300 e. The van der Waals surface area contributed by atoms with E-state index in [0.717, 1.165) is 32.6 Å². The molecule has 1 saturated heterocycles. The summed E-state index contributed by atoms with van der Waals surface area (Å²) in [5, 5.41) is 21.5. The number of nitrogens with zero attached hydrogens (tertiary/aromatic N) is 3. The van der Waals surface area contributed by atoms with Crippen LogP contribution in [0.15, 0.2) is 16.8 Å². The highest BCUT2D eigenvalue weighted by Gasteiger charge is 2.20. The van der Waals surface area contributed by atoms with E-state index >= 15 is 0 Å². The van der Waals surface area contributed by atoms with E-state index in [4.69, 9.17) is 4.74 Å². The lowest BCUT2D eigenvalue weighted by Gasteiger charge is -2.22. The van der Waals surface area contributed by atoms with E-state index in [0.29, 0.717) is 17.1 Å². The zero-order valence-corrected chi connectivity index (χ0v) is 10.7. The third-order valence-corrected chi connectivity index (χ3v) is 3.43. The quantitative estimate of drug-likeness (QED) is 0.673. The van der Waals surface area contributed by atoms with Gasteiger partial charge in [0.2, 0.25) is 5.52 Å². The van der Waals surface area contributed by atoms with Crippen LogP contribution in [-0.4, -0.2) is 35.0 Å². The largest absolute Gasteiger partial charge is 0.383 e. The fraction of sp³-hybridized carbons (Fsp3) is 0.500. The minimum Gasteiger partial charge on any atom is -0.383 e.